The van der Waals surface area contributed by atoms with Crippen LogP contribution in [0.5, 0.6) is 0 Å². The fourth-order valence-electron chi connectivity index (χ4n) is 0.861. The first-order chi connectivity index (χ1) is 5.96. The van der Waals surface area contributed by atoms with Crippen LogP contribution in [0.3, 0.4) is 0 Å². The predicted molar refractivity (Wildman–Crippen MR) is 39.5 cm³/mol. The first-order valence-corrected chi connectivity index (χ1v) is 3.30. The minimum absolute atomic E-state index is 0.650. The molecule has 0 unspecified atom stereocenters. The molecule has 0 atom stereocenters. The highest BCUT2D eigenvalue weighted by Gasteiger charge is 2.32. The van der Waals surface area contributed by atoms with Crippen LogP contribution in [0.1, 0.15) is 5.56 Å². The van der Waals surface area contributed by atoms with Gasteiger partial charge in [-0.1, -0.05) is 0 Å². The van der Waals surface area contributed by atoms with Gasteiger partial charge < -0.3 is 0 Å². The molecular weight excluding hydrogens is 183 g/mol. The van der Waals surface area contributed by atoms with Gasteiger partial charge in [-0.05, 0) is 12.1 Å². The summed E-state index contributed by atoms with van der Waals surface area (Å²) in [7, 11) is 0. The van der Waals surface area contributed by atoms with E-state index >= 15 is 0 Å². The van der Waals surface area contributed by atoms with E-state index in [0.717, 1.165) is 16.7 Å². The number of halogens is 3. The molecule has 0 aliphatic carbocycles. The Kier molecular flexibility index (Phi) is 2.22. The highest BCUT2D eigenvalue weighted by Crippen LogP contribution is 2.25. The Balaban J connectivity index is 3.41. The van der Waals surface area contributed by atoms with E-state index in [0.29, 0.717) is 6.34 Å². The number of aromatic nitrogens is 1. The Morgan fingerprint density at radius 3 is 2.46 bits per heavy atom. The van der Waals surface area contributed by atoms with E-state index in [1.807, 2.05) is 0 Å². The zero-order valence-electron chi connectivity index (χ0n) is 6.39. The monoisotopic (exact) mass is 189 g/mol. The van der Waals surface area contributed by atoms with Crippen molar-refractivity contribution >= 4 is 6.34 Å². The lowest BCUT2D eigenvalue weighted by Crippen LogP contribution is -2.27. The van der Waals surface area contributed by atoms with Crippen molar-refractivity contribution in [1.82, 2.24) is 4.57 Å². The summed E-state index contributed by atoms with van der Waals surface area (Å²) >= 11 is 0. The minimum Gasteiger partial charge on any atom is -0.293 e. The summed E-state index contributed by atoms with van der Waals surface area (Å²) in [4.78, 5) is 0. The Morgan fingerprint density at radius 2 is 2.00 bits per heavy atom. The Labute approximate surface area is 71.5 Å². The fourth-order valence-corrected chi connectivity index (χ4v) is 0.861. The molecule has 0 amide bonds. The van der Waals surface area contributed by atoms with Crippen LogP contribution in [0.2, 0.25) is 0 Å². The van der Waals surface area contributed by atoms with Gasteiger partial charge in [-0.3, -0.25) is 15.4 Å². The molecule has 1 rings (SSSR count). The first kappa shape index (κ1) is 9.50. The van der Waals surface area contributed by atoms with Crippen molar-refractivity contribution in [2.45, 2.75) is 6.18 Å². The lowest BCUT2D eigenvalue weighted by atomic mass is 10.2. The molecule has 0 spiro atoms. The normalized spacial score (nSPS) is 11.3. The molecule has 1 heterocycles. The molecule has 70 valence electrons. The zero-order chi connectivity index (χ0) is 10.1. The average molecular weight is 189 g/mol. The second-order valence-electron chi connectivity index (χ2n) is 2.30. The summed E-state index contributed by atoms with van der Waals surface area (Å²) in [6.07, 6.45) is -2.68. The van der Waals surface area contributed by atoms with Gasteiger partial charge in [0.1, 0.15) is 5.49 Å². The molecule has 2 N–H and O–H groups in total. The standard InChI is InChI=1S/C7H6F3N3/c8-7(9,10)5-2-1-3-13(4-11)6(5)12/h1-4,11-12H. The Hall–Kier alpha value is -1.59. The summed E-state index contributed by atoms with van der Waals surface area (Å²) < 4.78 is 37.3. The summed E-state index contributed by atoms with van der Waals surface area (Å²) in [6.45, 7) is 0. The predicted octanol–water partition coefficient (Wildman–Crippen LogP) is 1.44. The van der Waals surface area contributed by atoms with Gasteiger partial charge in [-0.25, -0.2) is 0 Å². The highest BCUT2D eigenvalue weighted by molar-refractivity contribution is 5.54. The maximum Gasteiger partial charge on any atom is 0.419 e. The number of rotatable bonds is 1. The summed E-state index contributed by atoms with van der Waals surface area (Å²) in [6, 6.07) is 1.95. The third-order valence-electron chi connectivity index (χ3n) is 1.47. The SMILES string of the molecule is N=Cn1cccc(C(F)(F)F)c1=N. The number of nitrogens with one attached hydrogen (secondary N) is 2. The zero-order valence-corrected chi connectivity index (χ0v) is 6.39. The van der Waals surface area contributed by atoms with Crippen molar-refractivity contribution in [2.24, 2.45) is 0 Å². The first-order valence-electron chi connectivity index (χ1n) is 3.30. The van der Waals surface area contributed by atoms with Crippen molar-refractivity contribution in [1.29, 1.82) is 10.8 Å². The smallest absolute Gasteiger partial charge is 0.293 e. The third-order valence-corrected chi connectivity index (χ3v) is 1.47. The van der Waals surface area contributed by atoms with Crippen LogP contribution >= 0.6 is 0 Å². The van der Waals surface area contributed by atoms with E-state index < -0.39 is 17.2 Å². The van der Waals surface area contributed by atoms with E-state index in [2.05, 4.69) is 0 Å². The average Bonchev–Trinajstić information content (AvgIpc) is 2.02. The Bertz CT molecular complexity index is 377. The fraction of sp³-hybridized carbons (Fsp3) is 0.143. The Morgan fingerprint density at radius 1 is 1.38 bits per heavy atom. The molecule has 0 radical (unpaired) electrons. The van der Waals surface area contributed by atoms with E-state index in [9.17, 15) is 13.2 Å². The van der Waals surface area contributed by atoms with Crippen LogP contribution in [-0.4, -0.2) is 10.9 Å². The molecule has 0 saturated carbocycles. The van der Waals surface area contributed by atoms with Crippen molar-refractivity contribution in [2.75, 3.05) is 0 Å². The van der Waals surface area contributed by atoms with Crippen LogP contribution in [0, 0.1) is 10.8 Å². The van der Waals surface area contributed by atoms with Crippen LogP contribution < -0.4 is 5.49 Å². The lowest BCUT2D eigenvalue weighted by Gasteiger charge is -2.07. The van der Waals surface area contributed by atoms with Crippen molar-refractivity contribution in [3.8, 4) is 0 Å². The second-order valence-corrected chi connectivity index (χ2v) is 2.30. The van der Waals surface area contributed by atoms with E-state index in [1.165, 1.54) is 6.20 Å². The number of hydrogen-bond donors (Lipinski definition) is 2. The topological polar surface area (TPSA) is 52.6 Å². The van der Waals surface area contributed by atoms with Gasteiger partial charge in [0, 0.05) is 6.20 Å². The molecule has 0 fully saturated rings. The quantitative estimate of drug-likeness (QED) is 0.496. The van der Waals surface area contributed by atoms with Gasteiger partial charge in [-0.15, -0.1) is 0 Å². The molecule has 0 aromatic carbocycles. The molecule has 0 aliphatic rings. The molecule has 13 heavy (non-hydrogen) atoms. The minimum atomic E-state index is -4.54. The van der Waals surface area contributed by atoms with Crippen LogP contribution in [-0.2, 0) is 6.18 Å². The molecule has 0 saturated heterocycles. The molecule has 1 aromatic rings. The van der Waals surface area contributed by atoms with E-state index in [-0.39, 0.29) is 0 Å². The maximum atomic E-state index is 12.2. The van der Waals surface area contributed by atoms with Gasteiger partial charge in [0.25, 0.3) is 0 Å². The van der Waals surface area contributed by atoms with Gasteiger partial charge in [0.15, 0.2) is 0 Å². The van der Waals surface area contributed by atoms with Crippen LogP contribution in [0.4, 0.5) is 13.2 Å². The van der Waals surface area contributed by atoms with Gasteiger partial charge in [-0.2, -0.15) is 13.2 Å². The van der Waals surface area contributed by atoms with Crippen LogP contribution in [0.15, 0.2) is 18.3 Å². The largest absolute Gasteiger partial charge is 0.419 e. The van der Waals surface area contributed by atoms with Gasteiger partial charge in [0.2, 0.25) is 0 Å². The molecule has 6 heteroatoms. The van der Waals surface area contributed by atoms with Gasteiger partial charge >= 0.3 is 6.18 Å². The van der Waals surface area contributed by atoms with Crippen molar-refractivity contribution in [3.63, 3.8) is 0 Å². The number of alkyl halides is 3. The molecule has 0 aliphatic heterocycles. The van der Waals surface area contributed by atoms with Gasteiger partial charge in [0.05, 0.1) is 11.9 Å². The molecular formula is C7H6F3N3. The maximum absolute atomic E-state index is 12.2. The van der Waals surface area contributed by atoms with Crippen molar-refractivity contribution < 1.29 is 13.2 Å². The molecule has 3 nitrogen and oxygen atoms in total. The molecule has 1 aromatic heterocycles. The lowest BCUT2D eigenvalue weighted by molar-refractivity contribution is -0.139. The summed E-state index contributed by atoms with van der Waals surface area (Å²) in [5.74, 6) is 0. The summed E-state index contributed by atoms with van der Waals surface area (Å²) in [5.41, 5.74) is -1.77. The number of nitrogens with zero attached hydrogens (tertiary/aromatic N) is 1. The van der Waals surface area contributed by atoms with E-state index in [1.54, 1.807) is 0 Å². The highest BCUT2D eigenvalue weighted by atomic mass is 19.4. The van der Waals surface area contributed by atoms with Crippen molar-refractivity contribution in [3.05, 3.63) is 29.4 Å². The molecule has 0 bridgehead atoms. The summed E-state index contributed by atoms with van der Waals surface area (Å²) in [5, 5.41) is 13.8. The second kappa shape index (κ2) is 3.04. The number of pyridine rings is 1. The third kappa shape index (κ3) is 1.77. The number of hydrogen-bond acceptors (Lipinski definition) is 2. The van der Waals surface area contributed by atoms with E-state index in [4.69, 9.17) is 10.8 Å². The van der Waals surface area contributed by atoms with Crippen LogP contribution in [0.25, 0.3) is 0 Å².